The largest absolute Gasteiger partial charge is 0.330 e. The van der Waals surface area contributed by atoms with Crippen LogP contribution in [-0.4, -0.2) is 21.5 Å². The molecule has 0 aliphatic rings. The fraction of sp³-hybridized carbons (Fsp3) is 0.833. The van der Waals surface area contributed by atoms with Gasteiger partial charge in [-0.2, -0.15) is 0 Å². The topological polar surface area (TPSA) is 56.7 Å². The van der Waals surface area contributed by atoms with Crippen molar-refractivity contribution in [1.29, 1.82) is 0 Å². The van der Waals surface area contributed by atoms with Gasteiger partial charge in [-0.1, -0.05) is 38.3 Å². The van der Waals surface area contributed by atoms with Gasteiger partial charge in [0, 0.05) is 19.2 Å². The van der Waals surface area contributed by atoms with Crippen LogP contribution in [-0.2, 0) is 13.0 Å². The molecule has 4 heteroatoms. The summed E-state index contributed by atoms with van der Waals surface area (Å²) in [7, 11) is 0. The third kappa shape index (κ3) is 4.31. The molecule has 0 saturated heterocycles. The first-order chi connectivity index (χ1) is 7.80. The molecule has 0 amide bonds. The molecule has 1 aromatic rings. The zero-order chi connectivity index (χ0) is 11.8. The first kappa shape index (κ1) is 13.2. The molecule has 1 unspecified atom stereocenters. The average Bonchev–Trinajstić information content (AvgIpc) is 2.72. The zero-order valence-corrected chi connectivity index (χ0v) is 10.5. The highest BCUT2D eigenvalue weighted by Gasteiger charge is 2.08. The molecular formula is C12H24N4. The van der Waals surface area contributed by atoms with E-state index in [9.17, 15) is 0 Å². The Morgan fingerprint density at radius 1 is 1.44 bits per heavy atom. The van der Waals surface area contributed by atoms with Crippen molar-refractivity contribution in [3.8, 4) is 0 Å². The Bertz CT molecular complexity index is 282. The second-order valence-corrected chi connectivity index (χ2v) is 4.39. The van der Waals surface area contributed by atoms with E-state index in [1.54, 1.807) is 0 Å². The van der Waals surface area contributed by atoms with Crippen molar-refractivity contribution in [2.45, 2.75) is 52.5 Å². The van der Waals surface area contributed by atoms with Crippen molar-refractivity contribution >= 4 is 0 Å². The van der Waals surface area contributed by atoms with Crippen LogP contribution in [0.15, 0.2) is 6.20 Å². The molecule has 0 aliphatic carbocycles. The summed E-state index contributed by atoms with van der Waals surface area (Å²) < 4.78 is 1.97. The van der Waals surface area contributed by atoms with Crippen LogP contribution in [0, 0.1) is 5.92 Å². The Labute approximate surface area is 98.2 Å². The van der Waals surface area contributed by atoms with Crippen LogP contribution in [0.3, 0.4) is 0 Å². The molecule has 1 aromatic heterocycles. The molecule has 1 heterocycles. The van der Waals surface area contributed by atoms with E-state index in [-0.39, 0.29) is 0 Å². The van der Waals surface area contributed by atoms with Gasteiger partial charge in [0.25, 0.3) is 0 Å². The lowest BCUT2D eigenvalue weighted by Crippen LogP contribution is -2.10. The minimum absolute atomic E-state index is 0.645. The highest BCUT2D eigenvalue weighted by atomic mass is 15.4. The number of hydrogen-bond donors (Lipinski definition) is 1. The highest BCUT2D eigenvalue weighted by Crippen LogP contribution is 2.14. The van der Waals surface area contributed by atoms with Crippen molar-refractivity contribution in [1.82, 2.24) is 15.0 Å². The predicted octanol–water partition coefficient (Wildman–Crippen LogP) is 2.00. The van der Waals surface area contributed by atoms with Crippen LogP contribution in [0.1, 0.15) is 45.2 Å². The number of rotatable bonds is 8. The first-order valence-electron chi connectivity index (χ1n) is 6.39. The van der Waals surface area contributed by atoms with Crippen molar-refractivity contribution in [2.24, 2.45) is 11.7 Å². The lowest BCUT2D eigenvalue weighted by molar-refractivity contribution is 0.368. The SMILES string of the molecule is CCCCC(CC)Cn1cc(CCN)nn1. The van der Waals surface area contributed by atoms with Gasteiger partial charge in [0.2, 0.25) is 0 Å². The molecule has 0 aliphatic heterocycles. The summed E-state index contributed by atoms with van der Waals surface area (Å²) in [5, 5.41) is 8.25. The Hall–Kier alpha value is -0.900. The molecule has 0 bridgehead atoms. The number of aromatic nitrogens is 3. The molecule has 16 heavy (non-hydrogen) atoms. The van der Waals surface area contributed by atoms with Crippen LogP contribution in [0.4, 0.5) is 0 Å². The predicted molar refractivity (Wildman–Crippen MR) is 66.1 cm³/mol. The quantitative estimate of drug-likeness (QED) is 0.734. The molecule has 4 nitrogen and oxygen atoms in total. The number of nitrogens with zero attached hydrogens (tertiary/aromatic N) is 3. The van der Waals surface area contributed by atoms with Crippen LogP contribution >= 0.6 is 0 Å². The Morgan fingerprint density at radius 3 is 2.88 bits per heavy atom. The standard InChI is InChI=1S/C12H24N4/c1-3-5-6-11(4-2)9-16-10-12(7-8-13)14-15-16/h10-11H,3-9,13H2,1-2H3. The van der Waals surface area contributed by atoms with Crippen molar-refractivity contribution in [3.63, 3.8) is 0 Å². The summed E-state index contributed by atoms with van der Waals surface area (Å²) in [5.41, 5.74) is 6.49. The molecule has 0 radical (unpaired) electrons. The molecule has 0 saturated carbocycles. The summed E-state index contributed by atoms with van der Waals surface area (Å²) in [5.74, 6) is 0.729. The fourth-order valence-electron chi connectivity index (χ4n) is 1.87. The molecule has 2 N–H and O–H groups in total. The van der Waals surface area contributed by atoms with Gasteiger partial charge in [0.1, 0.15) is 0 Å². The number of hydrogen-bond acceptors (Lipinski definition) is 3. The monoisotopic (exact) mass is 224 g/mol. The molecule has 0 aromatic carbocycles. The highest BCUT2D eigenvalue weighted by molar-refractivity contribution is 4.92. The van der Waals surface area contributed by atoms with Crippen molar-refractivity contribution in [3.05, 3.63) is 11.9 Å². The smallest absolute Gasteiger partial charge is 0.0839 e. The molecule has 92 valence electrons. The lowest BCUT2D eigenvalue weighted by atomic mass is 9.99. The van der Waals surface area contributed by atoms with Crippen LogP contribution in [0.2, 0.25) is 0 Å². The van der Waals surface area contributed by atoms with Crippen molar-refractivity contribution in [2.75, 3.05) is 6.54 Å². The summed E-state index contributed by atoms with van der Waals surface area (Å²) in [6.45, 7) is 6.12. The van der Waals surface area contributed by atoms with E-state index in [1.165, 1.54) is 25.7 Å². The fourth-order valence-corrected chi connectivity index (χ4v) is 1.87. The zero-order valence-electron chi connectivity index (χ0n) is 10.5. The van der Waals surface area contributed by atoms with Gasteiger partial charge in [-0.05, 0) is 18.9 Å². The van der Waals surface area contributed by atoms with Crippen LogP contribution in [0.5, 0.6) is 0 Å². The van der Waals surface area contributed by atoms with Gasteiger partial charge in [-0.3, -0.25) is 4.68 Å². The molecule has 1 rings (SSSR count). The normalized spacial score (nSPS) is 12.9. The van der Waals surface area contributed by atoms with Gasteiger partial charge >= 0.3 is 0 Å². The summed E-state index contributed by atoms with van der Waals surface area (Å²) in [4.78, 5) is 0. The van der Waals surface area contributed by atoms with Crippen LogP contribution in [0.25, 0.3) is 0 Å². The van der Waals surface area contributed by atoms with Gasteiger partial charge in [-0.15, -0.1) is 5.10 Å². The Balaban J connectivity index is 2.43. The van der Waals surface area contributed by atoms with E-state index in [1.807, 2.05) is 10.9 Å². The maximum Gasteiger partial charge on any atom is 0.0839 e. The summed E-state index contributed by atoms with van der Waals surface area (Å²) in [6, 6.07) is 0. The minimum Gasteiger partial charge on any atom is -0.330 e. The van der Waals surface area contributed by atoms with Crippen molar-refractivity contribution < 1.29 is 0 Å². The maximum atomic E-state index is 5.49. The van der Waals surface area contributed by atoms with E-state index < -0.39 is 0 Å². The maximum absolute atomic E-state index is 5.49. The van der Waals surface area contributed by atoms with E-state index in [4.69, 9.17) is 5.73 Å². The second kappa shape index (κ2) is 7.39. The molecule has 1 atom stereocenters. The molecular weight excluding hydrogens is 200 g/mol. The van der Waals surface area contributed by atoms with Gasteiger partial charge in [0.05, 0.1) is 5.69 Å². The van der Waals surface area contributed by atoms with E-state index >= 15 is 0 Å². The molecule has 0 spiro atoms. The van der Waals surface area contributed by atoms with E-state index in [2.05, 4.69) is 24.2 Å². The van der Waals surface area contributed by atoms with Crippen LogP contribution < -0.4 is 5.73 Å². The van der Waals surface area contributed by atoms with Gasteiger partial charge in [-0.25, -0.2) is 0 Å². The Morgan fingerprint density at radius 2 is 2.25 bits per heavy atom. The first-order valence-corrected chi connectivity index (χ1v) is 6.39. The van der Waals surface area contributed by atoms with Gasteiger partial charge < -0.3 is 5.73 Å². The average molecular weight is 224 g/mol. The number of nitrogens with two attached hydrogens (primary N) is 1. The van der Waals surface area contributed by atoms with Gasteiger partial charge in [0.15, 0.2) is 0 Å². The van der Waals surface area contributed by atoms with E-state index in [0.717, 1.165) is 24.6 Å². The van der Waals surface area contributed by atoms with E-state index in [0.29, 0.717) is 6.54 Å². The third-order valence-corrected chi connectivity index (χ3v) is 2.98. The summed E-state index contributed by atoms with van der Waals surface area (Å²) in [6.07, 6.45) is 7.94. The minimum atomic E-state index is 0.645. The second-order valence-electron chi connectivity index (χ2n) is 4.39. The number of unbranched alkanes of at least 4 members (excludes halogenated alkanes) is 1. The summed E-state index contributed by atoms with van der Waals surface area (Å²) >= 11 is 0. The Kier molecular flexibility index (Phi) is 6.08. The molecule has 0 fully saturated rings. The lowest BCUT2D eigenvalue weighted by Gasteiger charge is -2.13. The third-order valence-electron chi connectivity index (χ3n) is 2.98.